The Hall–Kier alpha value is -0.910. The van der Waals surface area contributed by atoms with Gasteiger partial charge in [-0.1, -0.05) is 34.5 Å². The zero-order chi connectivity index (χ0) is 13.8. The number of nitrogens with one attached hydrogen (secondary N) is 1. The average molecular weight is 360 g/mol. The van der Waals surface area contributed by atoms with E-state index < -0.39 is 0 Å². The molecule has 0 aliphatic rings. The molecule has 1 heterocycles. The van der Waals surface area contributed by atoms with Crippen LogP contribution in [0.1, 0.15) is 28.2 Å². The van der Waals surface area contributed by atoms with Crippen LogP contribution in [0.4, 0.5) is 0 Å². The van der Waals surface area contributed by atoms with Gasteiger partial charge in [-0.2, -0.15) is 0 Å². The number of rotatable bonds is 4. The summed E-state index contributed by atoms with van der Waals surface area (Å²) in [6.45, 7) is 2.57. The summed E-state index contributed by atoms with van der Waals surface area (Å²) in [4.78, 5) is 16.3. The van der Waals surface area contributed by atoms with Gasteiger partial charge in [-0.3, -0.25) is 4.79 Å². The Morgan fingerprint density at radius 3 is 3.05 bits per heavy atom. The molecule has 100 valence electrons. The van der Waals surface area contributed by atoms with E-state index in [9.17, 15) is 4.79 Å². The Bertz CT molecular complexity index is 574. The summed E-state index contributed by atoms with van der Waals surface area (Å²) in [5, 5.41) is 6.27. The lowest BCUT2D eigenvalue weighted by atomic mass is 10.1. The minimum absolute atomic E-state index is 0.172. The van der Waals surface area contributed by atoms with E-state index >= 15 is 0 Å². The van der Waals surface area contributed by atoms with Crippen LogP contribution in [0.5, 0.6) is 0 Å². The van der Waals surface area contributed by atoms with Crippen molar-refractivity contribution >= 4 is 44.8 Å². The molecular formula is C13H12BrClN2OS. The normalized spacial score (nSPS) is 12.2. The lowest BCUT2D eigenvalue weighted by molar-refractivity contribution is 0.0951. The number of halogens is 2. The molecule has 0 fully saturated rings. The molecule has 0 radical (unpaired) electrons. The van der Waals surface area contributed by atoms with Crippen molar-refractivity contribution in [3.8, 4) is 0 Å². The summed E-state index contributed by atoms with van der Waals surface area (Å²) in [7, 11) is 0. The van der Waals surface area contributed by atoms with Gasteiger partial charge in [-0.15, -0.1) is 11.3 Å². The summed E-state index contributed by atoms with van der Waals surface area (Å²) in [5.41, 5.74) is 0.474. The van der Waals surface area contributed by atoms with Crippen molar-refractivity contribution < 1.29 is 4.79 Å². The first-order chi connectivity index (χ1) is 9.08. The monoisotopic (exact) mass is 358 g/mol. The van der Waals surface area contributed by atoms with Crippen LogP contribution in [-0.2, 0) is 0 Å². The van der Waals surface area contributed by atoms with Gasteiger partial charge in [0.1, 0.15) is 0 Å². The zero-order valence-electron chi connectivity index (χ0n) is 10.2. The molecule has 0 aliphatic carbocycles. The van der Waals surface area contributed by atoms with E-state index in [0.717, 1.165) is 9.48 Å². The molecule has 19 heavy (non-hydrogen) atoms. The molecule has 0 aliphatic heterocycles. The predicted molar refractivity (Wildman–Crippen MR) is 82.0 cm³/mol. The second kappa shape index (κ2) is 6.50. The maximum Gasteiger partial charge on any atom is 0.252 e. The standard InChI is InChI=1S/C13H12BrClN2OS/c1-8(13-16-4-5-19-13)7-17-12(18)10-6-9(14)2-3-11(10)15/h2-6,8H,7H2,1H3,(H,17,18)/t8-/m1/s1. The van der Waals surface area contributed by atoms with Gasteiger partial charge < -0.3 is 5.32 Å². The Labute approximate surface area is 129 Å². The van der Waals surface area contributed by atoms with Gasteiger partial charge in [0.05, 0.1) is 15.6 Å². The van der Waals surface area contributed by atoms with E-state index in [-0.39, 0.29) is 11.8 Å². The molecule has 2 aromatic rings. The molecule has 1 amide bonds. The highest BCUT2D eigenvalue weighted by atomic mass is 79.9. The van der Waals surface area contributed by atoms with Crippen molar-refractivity contribution in [3.05, 3.63) is 49.8 Å². The van der Waals surface area contributed by atoms with E-state index in [1.807, 2.05) is 12.3 Å². The van der Waals surface area contributed by atoms with Crippen molar-refractivity contribution in [1.29, 1.82) is 0 Å². The van der Waals surface area contributed by atoms with Gasteiger partial charge in [0.25, 0.3) is 5.91 Å². The van der Waals surface area contributed by atoms with Crippen LogP contribution in [0.2, 0.25) is 5.02 Å². The lowest BCUT2D eigenvalue weighted by Crippen LogP contribution is -2.27. The fourth-order valence-corrected chi connectivity index (χ4v) is 2.84. The minimum Gasteiger partial charge on any atom is -0.351 e. The third-order valence-electron chi connectivity index (χ3n) is 2.61. The highest BCUT2D eigenvalue weighted by molar-refractivity contribution is 9.10. The topological polar surface area (TPSA) is 42.0 Å². The SMILES string of the molecule is C[C@H](CNC(=O)c1cc(Br)ccc1Cl)c1nccs1. The molecule has 0 saturated heterocycles. The molecule has 1 aromatic carbocycles. The molecule has 1 N–H and O–H groups in total. The number of carbonyl (C=O) groups excluding carboxylic acids is 1. The largest absolute Gasteiger partial charge is 0.351 e. The number of hydrogen-bond acceptors (Lipinski definition) is 3. The minimum atomic E-state index is -0.172. The van der Waals surface area contributed by atoms with Gasteiger partial charge in [0, 0.05) is 28.5 Å². The molecule has 0 unspecified atom stereocenters. The zero-order valence-corrected chi connectivity index (χ0v) is 13.3. The number of carbonyl (C=O) groups is 1. The summed E-state index contributed by atoms with van der Waals surface area (Å²) in [6.07, 6.45) is 1.77. The third-order valence-corrected chi connectivity index (χ3v) is 4.44. The van der Waals surface area contributed by atoms with Gasteiger partial charge >= 0.3 is 0 Å². The average Bonchev–Trinajstić information content (AvgIpc) is 2.92. The molecule has 6 heteroatoms. The molecule has 2 rings (SSSR count). The van der Waals surface area contributed by atoms with E-state index in [1.54, 1.807) is 35.7 Å². The van der Waals surface area contributed by atoms with Crippen LogP contribution in [-0.4, -0.2) is 17.4 Å². The number of nitrogens with zero attached hydrogens (tertiary/aromatic N) is 1. The highest BCUT2D eigenvalue weighted by Gasteiger charge is 2.13. The van der Waals surface area contributed by atoms with Crippen LogP contribution in [0.3, 0.4) is 0 Å². The molecule has 1 aromatic heterocycles. The Morgan fingerprint density at radius 1 is 1.58 bits per heavy atom. The molecule has 0 spiro atoms. The number of thiazole rings is 1. The van der Waals surface area contributed by atoms with Crippen molar-refractivity contribution in [2.24, 2.45) is 0 Å². The predicted octanol–water partition coefficient (Wildman–Crippen LogP) is 4.09. The summed E-state index contributed by atoms with van der Waals surface area (Å²) < 4.78 is 0.829. The molecule has 0 bridgehead atoms. The van der Waals surface area contributed by atoms with E-state index in [0.29, 0.717) is 17.1 Å². The summed E-state index contributed by atoms with van der Waals surface area (Å²) in [6, 6.07) is 5.22. The van der Waals surface area contributed by atoms with Gasteiger partial charge in [0.15, 0.2) is 0 Å². The van der Waals surface area contributed by atoms with Crippen LogP contribution in [0.25, 0.3) is 0 Å². The quantitative estimate of drug-likeness (QED) is 0.893. The van der Waals surface area contributed by atoms with Crippen LogP contribution in [0, 0.1) is 0 Å². The fraction of sp³-hybridized carbons (Fsp3) is 0.231. The smallest absolute Gasteiger partial charge is 0.252 e. The maximum atomic E-state index is 12.1. The molecule has 1 atom stereocenters. The number of aromatic nitrogens is 1. The van der Waals surface area contributed by atoms with Crippen LogP contribution >= 0.6 is 38.9 Å². The Kier molecular flexibility index (Phi) is 4.96. The Balaban J connectivity index is 2.00. The molecule has 3 nitrogen and oxygen atoms in total. The van der Waals surface area contributed by atoms with Gasteiger partial charge in [0.2, 0.25) is 0 Å². The highest BCUT2D eigenvalue weighted by Crippen LogP contribution is 2.21. The van der Waals surface area contributed by atoms with E-state index in [4.69, 9.17) is 11.6 Å². The molecule has 0 saturated carbocycles. The van der Waals surface area contributed by atoms with E-state index in [1.165, 1.54) is 0 Å². The van der Waals surface area contributed by atoms with Crippen LogP contribution in [0.15, 0.2) is 34.2 Å². The first kappa shape index (κ1) is 14.5. The summed E-state index contributed by atoms with van der Waals surface area (Å²) in [5.74, 6) is 0.0181. The number of benzene rings is 1. The number of amides is 1. The van der Waals surface area contributed by atoms with Crippen LogP contribution < -0.4 is 5.32 Å². The van der Waals surface area contributed by atoms with Gasteiger partial charge in [-0.05, 0) is 18.2 Å². The first-order valence-corrected chi connectivity index (χ1v) is 7.75. The van der Waals surface area contributed by atoms with Crippen molar-refractivity contribution in [2.75, 3.05) is 6.54 Å². The fourth-order valence-electron chi connectivity index (χ4n) is 1.58. The third kappa shape index (κ3) is 3.78. The Morgan fingerprint density at radius 2 is 2.37 bits per heavy atom. The second-order valence-corrected chi connectivity index (χ2v) is 6.35. The van der Waals surface area contributed by atoms with Crippen molar-refractivity contribution in [3.63, 3.8) is 0 Å². The second-order valence-electron chi connectivity index (χ2n) is 4.11. The summed E-state index contributed by atoms with van der Waals surface area (Å²) >= 11 is 10.9. The van der Waals surface area contributed by atoms with Crippen molar-refractivity contribution in [1.82, 2.24) is 10.3 Å². The lowest BCUT2D eigenvalue weighted by Gasteiger charge is -2.11. The molecular weight excluding hydrogens is 348 g/mol. The van der Waals surface area contributed by atoms with Gasteiger partial charge in [-0.25, -0.2) is 4.98 Å². The maximum absolute atomic E-state index is 12.1. The van der Waals surface area contributed by atoms with Crippen molar-refractivity contribution in [2.45, 2.75) is 12.8 Å². The first-order valence-electron chi connectivity index (χ1n) is 5.70. The van der Waals surface area contributed by atoms with E-state index in [2.05, 4.69) is 26.2 Å². The number of hydrogen-bond donors (Lipinski definition) is 1.